The summed E-state index contributed by atoms with van der Waals surface area (Å²) < 4.78 is 6.60. The molecule has 30 heavy (non-hydrogen) atoms. The van der Waals surface area contributed by atoms with Gasteiger partial charge in [-0.05, 0) is 24.3 Å². The van der Waals surface area contributed by atoms with E-state index in [2.05, 4.69) is 21.2 Å². The third-order valence-electron chi connectivity index (χ3n) is 3.88. The zero-order valence-corrected chi connectivity index (χ0v) is 18.0. The highest BCUT2D eigenvalue weighted by atomic mass is 79.9. The fraction of sp³-hybridized carbons (Fsp3) is 0. The van der Waals surface area contributed by atoms with Gasteiger partial charge in [-0.3, -0.25) is 14.9 Å². The monoisotopic (exact) mass is 505 g/mol. The number of nitriles is 1. The molecule has 1 heterocycles. The van der Waals surface area contributed by atoms with Gasteiger partial charge in [0, 0.05) is 28.2 Å². The van der Waals surface area contributed by atoms with Crippen molar-refractivity contribution in [2.45, 2.75) is 0 Å². The van der Waals surface area contributed by atoms with E-state index in [9.17, 15) is 20.2 Å². The highest BCUT2D eigenvalue weighted by molar-refractivity contribution is 9.10. The van der Waals surface area contributed by atoms with Crippen LogP contribution in [-0.2, 0) is 4.79 Å². The quantitative estimate of drug-likeness (QED) is 0.184. The summed E-state index contributed by atoms with van der Waals surface area (Å²) in [5.41, 5.74) is 0.197. The van der Waals surface area contributed by atoms with Crippen LogP contribution in [0.3, 0.4) is 0 Å². The lowest BCUT2D eigenvalue weighted by molar-refractivity contribution is -0.384. The summed E-state index contributed by atoms with van der Waals surface area (Å²) in [5.74, 6) is 0.0603. The first-order valence-electron chi connectivity index (χ1n) is 8.21. The maximum atomic E-state index is 12.5. The molecule has 1 aromatic heterocycles. The van der Waals surface area contributed by atoms with Gasteiger partial charge < -0.3 is 9.73 Å². The number of nitro benzene ring substituents is 1. The SMILES string of the molecule is N#C/C(=C\c1ccc(-c2ccc(Br)cc2)o1)C(=O)Nc1c(Cl)cc([N+](=O)[O-])cc1Cl. The molecule has 0 saturated heterocycles. The molecule has 0 atom stereocenters. The number of carbonyl (C=O) groups is 1. The predicted molar refractivity (Wildman–Crippen MR) is 117 cm³/mol. The molecule has 3 aromatic rings. The summed E-state index contributed by atoms with van der Waals surface area (Å²) in [6, 6.07) is 14.6. The predicted octanol–water partition coefficient (Wildman–Crippen LogP) is 6.47. The van der Waals surface area contributed by atoms with Gasteiger partial charge in [-0.25, -0.2) is 0 Å². The fourth-order valence-electron chi connectivity index (χ4n) is 2.46. The summed E-state index contributed by atoms with van der Waals surface area (Å²) >= 11 is 15.3. The van der Waals surface area contributed by atoms with Gasteiger partial charge in [-0.1, -0.05) is 51.3 Å². The van der Waals surface area contributed by atoms with Crippen molar-refractivity contribution in [2.75, 3.05) is 5.32 Å². The maximum Gasteiger partial charge on any atom is 0.272 e. The summed E-state index contributed by atoms with van der Waals surface area (Å²) in [5, 5.41) is 22.4. The number of hydrogen-bond donors (Lipinski definition) is 1. The van der Waals surface area contributed by atoms with Crippen LogP contribution < -0.4 is 5.32 Å². The second-order valence-corrected chi connectivity index (χ2v) is 7.60. The van der Waals surface area contributed by atoms with E-state index < -0.39 is 10.8 Å². The topological polar surface area (TPSA) is 109 Å². The molecule has 1 amide bonds. The summed E-state index contributed by atoms with van der Waals surface area (Å²) in [6.07, 6.45) is 1.27. The van der Waals surface area contributed by atoms with Crippen LogP contribution in [0.25, 0.3) is 17.4 Å². The molecule has 0 spiro atoms. The molecule has 0 radical (unpaired) electrons. The molecule has 0 aliphatic heterocycles. The number of nitro groups is 1. The number of halogens is 3. The lowest BCUT2D eigenvalue weighted by Gasteiger charge is -2.08. The number of carbonyl (C=O) groups excluding carboxylic acids is 1. The van der Waals surface area contributed by atoms with Crippen molar-refractivity contribution in [1.82, 2.24) is 0 Å². The number of amides is 1. The Bertz CT molecular complexity index is 1190. The first kappa shape index (κ1) is 21.6. The van der Waals surface area contributed by atoms with Crippen molar-refractivity contribution in [2.24, 2.45) is 0 Å². The summed E-state index contributed by atoms with van der Waals surface area (Å²) in [4.78, 5) is 22.7. The lowest BCUT2D eigenvalue weighted by Crippen LogP contribution is -2.14. The second kappa shape index (κ2) is 9.13. The average Bonchev–Trinajstić information content (AvgIpc) is 3.17. The van der Waals surface area contributed by atoms with E-state index in [1.54, 1.807) is 18.2 Å². The number of benzene rings is 2. The van der Waals surface area contributed by atoms with E-state index in [1.165, 1.54) is 6.08 Å². The van der Waals surface area contributed by atoms with E-state index in [0.717, 1.165) is 22.2 Å². The number of nitrogens with one attached hydrogen (secondary N) is 1. The lowest BCUT2D eigenvalue weighted by atomic mass is 10.2. The first-order valence-corrected chi connectivity index (χ1v) is 9.75. The van der Waals surface area contributed by atoms with E-state index in [1.807, 2.05) is 24.3 Å². The van der Waals surface area contributed by atoms with Crippen LogP contribution in [0.4, 0.5) is 11.4 Å². The second-order valence-electron chi connectivity index (χ2n) is 5.87. The molecule has 7 nitrogen and oxygen atoms in total. The average molecular weight is 507 g/mol. The molecule has 2 aromatic carbocycles. The number of nitrogens with zero attached hydrogens (tertiary/aromatic N) is 2. The summed E-state index contributed by atoms with van der Waals surface area (Å²) in [7, 11) is 0. The maximum absolute atomic E-state index is 12.5. The molecule has 150 valence electrons. The molecule has 0 bridgehead atoms. The molecule has 0 aliphatic carbocycles. The van der Waals surface area contributed by atoms with Gasteiger partial charge in [-0.15, -0.1) is 0 Å². The van der Waals surface area contributed by atoms with Crippen molar-refractivity contribution in [3.63, 3.8) is 0 Å². The molecular formula is C20H10BrCl2N3O4. The number of anilines is 1. The molecule has 3 rings (SSSR count). The van der Waals surface area contributed by atoms with Crippen molar-refractivity contribution < 1.29 is 14.1 Å². The zero-order valence-electron chi connectivity index (χ0n) is 14.9. The fourth-order valence-corrected chi connectivity index (χ4v) is 3.29. The minimum atomic E-state index is -0.795. The molecular weight excluding hydrogens is 497 g/mol. The van der Waals surface area contributed by atoms with Gasteiger partial charge >= 0.3 is 0 Å². The van der Waals surface area contributed by atoms with Crippen LogP contribution in [0.2, 0.25) is 10.0 Å². The summed E-state index contributed by atoms with van der Waals surface area (Å²) in [6.45, 7) is 0. The van der Waals surface area contributed by atoms with E-state index in [-0.39, 0.29) is 27.0 Å². The van der Waals surface area contributed by atoms with Crippen LogP contribution >= 0.6 is 39.1 Å². The first-order chi connectivity index (χ1) is 14.3. The van der Waals surface area contributed by atoms with E-state index >= 15 is 0 Å². The normalized spacial score (nSPS) is 11.1. The Morgan fingerprint density at radius 2 is 1.80 bits per heavy atom. The highest BCUT2D eigenvalue weighted by Gasteiger charge is 2.18. The van der Waals surface area contributed by atoms with Gasteiger partial charge in [0.15, 0.2) is 0 Å². The van der Waals surface area contributed by atoms with E-state index in [0.29, 0.717) is 11.5 Å². The van der Waals surface area contributed by atoms with Gasteiger partial charge in [0.05, 0.1) is 20.7 Å². The van der Waals surface area contributed by atoms with Crippen molar-refractivity contribution in [1.29, 1.82) is 5.26 Å². The number of furan rings is 1. The Kier molecular flexibility index (Phi) is 6.57. The third kappa shape index (κ3) is 4.89. The minimum absolute atomic E-state index is 0.0370. The molecule has 0 unspecified atom stereocenters. The van der Waals surface area contributed by atoms with Crippen LogP contribution in [0, 0.1) is 21.4 Å². The highest BCUT2D eigenvalue weighted by Crippen LogP contribution is 2.35. The van der Waals surface area contributed by atoms with Crippen molar-refractivity contribution >= 4 is 62.5 Å². The van der Waals surface area contributed by atoms with Crippen molar-refractivity contribution in [3.8, 4) is 17.4 Å². The van der Waals surface area contributed by atoms with Gasteiger partial charge in [0.2, 0.25) is 0 Å². The van der Waals surface area contributed by atoms with Gasteiger partial charge in [-0.2, -0.15) is 5.26 Å². The molecule has 0 aliphatic rings. The molecule has 10 heteroatoms. The zero-order chi connectivity index (χ0) is 21.8. The van der Waals surface area contributed by atoms with Crippen LogP contribution in [0.15, 0.2) is 63.0 Å². The van der Waals surface area contributed by atoms with Crippen LogP contribution in [0.1, 0.15) is 5.76 Å². The van der Waals surface area contributed by atoms with Gasteiger partial charge in [0.25, 0.3) is 11.6 Å². The largest absolute Gasteiger partial charge is 0.457 e. The third-order valence-corrected chi connectivity index (χ3v) is 5.01. The van der Waals surface area contributed by atoms with Gasteiger partial charge in [0.1, 0.15) is 23.2 Å². The Labute approximate surface area is 188 Å². The Balaban J connectivity index is 1.84. The smallest absolute Gasteiger partial charge is 0.272 e. The minimum Gasteiger partial charge on any atom is -0.457 e. The molecule has 0 fully saturated rings. The van der Waals surface area contributed by atoms with Crippen LogP contribution in [0.5, 0.6) is 0 Å². The number of hydrogen-bond acceptors (Lipinski definition) is 5. The molecule has 1 N–H and O–H groups in total. The number of rotatable bonds is 5. The Hall–Kier alpha value is -3.12. The van der Waals surface area contributed by atoms with Crippen molar-refractivity contribution in [3.05, 3.63) is 84.5 Å². The molecule has 0 saturated carbocycles. The van der Waals surface area contributed by atoms with E-state index in [4.69, 9.17) is 27.6 Å². The number of non-ortho nitro benzene ring substituents is 1. The standard InChI is InChI=1S/C20H10BrCl2N3O4/c21-13-3-1-11(2-4-13)18-6-5-15(30-18)7-12(10-24)20(27)25-19-16(22)8-14(26(28)29)9-17(19)23/h1-9H,(H,25,27)/b12-7+. The Morgan fingerprint density at radius 3 is 2.37 bits per heavy atom. The Morgan fingerprint density at radius 1 is 1.17 bits per heavy atom. The van der Waals surface area contributed by atoms with Crippen LogP contribution in [-0.4, -0.2) is 10.8 Å².